The van der Waals surface area contributed by atoms with Gasteiger partial charge in [0.25, 0.3) is 0 Å². The number of hydrogen-bond acceptors (Lipinski definition) is 6. The van der Waals surface area contributed by atoms with Crippen LogP contribution in [0.25, 0.3) is 94.6 Å². The van der Waals surface area contributed by atoms with Gasteiger partial charge in [-0.2, -0.15) is 0 Å². The van der Waals surface area contributed by atoms with E-state index < -0.39 is 0 Å². The summed E-state index contributed by atoms with van der Waals surface area (Å²) in [5.74, 6) is 1.71. The van der Waals surface area contributed by atoms with Crippen molar-refractivity contribution in [2.75, 3.05) is 6.67 Å². The van der Waals surface area contributed by atoms with Crippen LogP contribution in [0.2, 0.25) is 0 Å². The van der Waals surface area contributed by atoms with Crippen molar-refractivity contribution in [1.82, 2.24) is 24.5 Å². The zero-order chi connectivity index (χ0) is 35.6. The molecule has 0 unspecified atom stereocenters. The monoisotopic (exact) mass is 691 g/mol. The molecule has 0 radical (unpaired) electrons. The molecule has 7 heteroatoms. The molecule has 0 N–H and O–H groups in total. The third-order valence-corrected chi connectivity index (χ3v) is 10.3. The number of nitrogens with zero attached hydrogens (tertiary/aromatic N) is 7. The van der Waals surface area contributed by atoms with Crippen LogP contribution in [-0.2, 0) is 0 Å². The fraction of sp³-hybridized carbons (Fsp3) is 0.0213. The highest BCUT2D eigenvalue weighted by molar-refractivity contribution is 6.12. The lowest BCUT2D eigenvalue weighted by Gasteiger charge is -2.13. The van der Waals surface area contributed by atoms with Gasteiger partial charge in [0.15, 0.2) is 17.5 Å². The number of aromatic nitrogens is 5. The van der Waals surface area contributed by atoms with Gasteiger partial charge in [0.2, 0.25) is 0 Å². The Balaban J connectivity index is 1.13. The fourth-order valence-electron chi connectivity index (χ4n) is 7.86. The average molecular weight is 692 g/mol. The van der Waals surface area contributed by atoms with Gasteiger partial charge in [-0.15, -0.1) is 0 Å². The zero-order valence-corrected chi connectivity index (χ0v) is 28.9. The predicted molar refractivity (Wildman–Crippen MR) is 216 cm³/mol. The van der Waals surface area contributed by atoms with Crippen LogP contribution in [0.4, 0.5) is 0 Å². The van der Waals surface area contributed by atoms with Gasteiger partial charge in [-0.05, 0) is 48.5 Å². The molecule has 0 bridgehead atoms. The van der Waals surface area contributed by atoms with Gasteiger partial charge in [0.1, 0.15) is 6.67 Å². The quantitative estimate of drug-likeness (QED) is 0.168. The highest BCUT2D eigenvalue weighted by Gasteiger charge is 2.21. The first-order valence-corrected chi connectivity index (χ1v) is 18.0. The van der Waals surface area contributed by atoms with Crippen molar-refractivity contribution < 1.29 is 0 Å². The van der Waals surface area contributed by atoms with Gasteiger partial charge < -0.3 is 4.57 Å². The summed E-state index contributed by atoms with van der Waals surface area (Å²) in [6, 6.07) is 56.4. The molecule has 4 heterocycles. The van der Waals surface area contributed by atoms with Crippen LogP contribution in [0, 0.1) is 0 Å². The Kier molecular flexibility index (Phi) is 6.78. The van der Waals surface area contributed by atoms with Crippen molar-refractivity contribution in [3.8, 4) is 51.1 Å². The molecule has 11 rings (SSSR count). The van der Waals surface area contributed by atoms with Crippen molar-refractivity contribution in [3.63, 3.8) is 0 Å². The van der Waals surface area contributed by atoms with Crippen LogP contribution in [0.1, 0.15) is 0 Å². The molecule has 1 aliphatic heterocycles. The maximum Gasteiger partial charge on any atom is 0.166 e. The van der Waals surface area contributed by atoms with Crippen molar-refractivity contribution in [1.29, 1.82) is 0 Å². The summed E-state index contributed by atoms with van der Waals surface area (Å²) in [5, 5.41) is 7.15. The van der Waals surface area contributed by atoms with Crippen molar-refractivity contribution in [2.24, 2.45) is 9.98 Å². The van der Waals surface area contributed by atoms with Crippen LogP contribution in [0.5, 0.6) is 0 Å². The molecule has 1 aliphatic rings. The van der Waals surface area contributed by atoms with E-state index in [1.54, 1.807) is 0 Å². The summed E-state index contributed by atoms with van der Waals surface area (Å²) in [4.78, 5) is 30.5. The summed E-state index contributed by atoms with van der Waals surface area (Å²) in [7, 11) is 0. The molecule has 252 valence electrons. The van der Waals surface area contributed by atoms with E-state index in [2.05, 4.69) is 114 Å². The number of hydrogen-bond donors (Lipinski definition) is 0. The number of rotatable bonds is 5. The molecule has 54 heavy (non-hydrogen) atoms. The van der Waals surface area contributed by atoms with Gasteiger partial charge in [-0.3, -0.25) is 9.98 Å². The highest BCUT2D eigenvalue weighted by Crippen LogP contribution is 2.35. The Morgan fingerprint density at radius 2 is 0.944 bits per heavy atom. The average Bonchev–Trinajstić information content (AvgIpc) is 3.87. The van der Waals surface area contributed by atoms with E-state index in [0.29, 0.717) is 24.1 Å². The van der Waals surface area contributed by atoms with E-state index in [0.717, 1.165) is 77.1 Å². The van der Waals surface area contributed by atoms with E-state index in [9.17, 15) is 0 Å². The van der Waals surface area contributed by atoms with Gasteiger partial charge in [0.05, 0.1) is 33.0 Å². The number of fused-ring (bicyclic) bond motifs is 8. The summed E-state index contributed by atoms with van der Waals surface area (Å²) in [6.45, 7) is 0.340. The van der Waals surface area contributed by atoms with Crippen molar-refractivity contribution in [3.05, 3.63) is 175 Å². The Bertz CT molecular complexity index is 3170. The Labute approximate surface area is 309 Å². The molecule has 0 fully saturated rings. The third-order valence-electron chi connectivity index (χ3n) is 10.3. The van der Waals surface area contributed by atoms with E-state index >= 15 is 0 Å². The van der Waals surface area contributed by atoms with Gasteiger partial charge in [0, 0.05) is 54.9 Å². The number of para-hydroxylation sites is 3. The molecule has 3 aromatic heterocycles. The first-order chi connectivity index (χ1) is 26.8. The minimum Gasteiger partial charge on any atom is -0.309 e. The van der Waals surface area contributed by atoms with Crippen LogP contribution >= 0.6 is 0 Å². The van der Waals surface area contributed by atoms with E-state index in [4.69, 9.17) is 29.9 Å². The Hall–Kier alpha value is -7.38. The normalized spacial score (nSPS) is 12.3. The summed E-state index contributed by atoms with van der Waals surface area (Å²) >= 11 is 0. The lowest BCUT2D eigenvalue weighted by Crippen LogP contribution is -2.26. The molecule has 0 saturated heterocycles. The highest BCUT2D eigenvalue weighted by atomic mass is 15.0. The fourth-order valence-corrected chi connectivity index (χ4v) is 7.86. The lowest BCUT2D eigenvalue weighted by molar-refractivity contribution is 1.05. The van der Waals surface area contributed by atoms with E-state index in [1.807, 2.05) is 54.6 Å². The minimum atomic E-state index is 0.340. The maximum absolute atomic E-state index is 5.20. The molecule has 0 amide bonds. The molecule has 0 aliphatic carbocycles. The molecular formula is C47H29N7. The minimum absolute atomic E-state index is 0.340. The zero-order valence-electron chi connectivity index (χ0n) is 28.9. The van der Waals surface area contributed by atoms with Crippen molar-refractivity contribution in [2.45, 2.75) is 0 Å². The summed E-state index contributed by atoms with van der Waals surface area (Å²) in [6.07, 6.45) is 0. The van der Waals surface area contributed by atoms with Crippen LogP contribution in [0.3, 0.4) is 0 Å². The summed E-state index contributed by atoms with van der Waals surface area (Å²) < 4.78 is 2.31. The lowest BCUT2D eigenvalue weighted by atomic mass is 9.96. The first-order valence-electron chi connectivity index (χ1n) is 18.0. The van der Waals surface area contributed by atoms with E-state index in [-0.39, 0.29) is 0 Å². The second kappa shape index (κ2) is 12.1. The smallest absolute Gasteiger partial charge is 0.166 e. The molecule has 0 spiro atoms. The molecule has 7 nitrogen and oxygen atoms in total. The topological polar surface area (TPSA) is 81.2 Å². The molecular weight excluding hydrogens is 663 g/mol. The number of pyridine rings is 1. The largest absolute Gasteiger partial charge is 0.309 e. The molecule has 0 saturated carbocycles. The van der Waals surface area contributed by atoms with Gasteiger partial charge in [-0.1, -0.05) is 115 Å². The van der Waals surface area contributed by atoms with Crippen LogP contribution < -0.4 is 10.7 Å². The molecule has 7 aromatic carbocycles. The van der Waals surface area contributed by atoms with Crippen LogP contribution in [0.15, 0.2) is 174 Å². The standard InChI is InChI=1S/C47H29N7/c1-3-13-29(14-4-1)42-36-27-37(43-44(49-28-48-43)41(36)35-19-7-10-20-38(35)50-42)47-52-45(30-15-5-2-6-16-30)51-46(53-47)31-23-25-32(26-24-31)54-39-21-11-8-17-33(39)34-18-9-12-22-40(34)54/h1-27H,28H2. The molecule has 0 atom stereocenters. The Morgan fingerprint density at radius 3 is 1.63 bits per heavy atom. The predicted octanol–water partition coefficient (Wildman–Crippen LogP) is 9.55. The van der Waals surface area contributed by atoms with Crippen molar-refractivity contribution >= 4 is 43.5 Å². The van der Waals surface area contributed by atoms with Crippen LogP contribution in [-0.4, -0.2) is 31.2 Å². The second-order valence-electron chi connectivity index (χ2n) is 13.4. The van der Waals surface area contributed by atoms with Gasteiger partial charge >= 0.3 is 0 Å². The first kappa shape index (κ1) is 30.3. The Morgan fingerprint density at radius 1 is 0.407 bits per heavy atom. The second-order valence-corrected chi connectivity index (χ2v) is 13.4. The number of benzene rings is 7. The maximum atomic E-state index is 5.20. The SMILES string of the molecule is c1ccc(-c2nc(-c3ccc(-n4c5ccccc5c5ccccc54)cc3)nc(-c3cc4c(-c5ccccc5)nc5ccccc5c4c4c3=NCN=4)n2)cc1. The summed E-state index contributed by atoms with van der Waals surface area (Å²) in [5.41, 5.74) is 8.81. The van der Waals surface area contributed by atoms with Gasteiger partial charge in [-0.25, -0.2) is 19.9 Å². The van der Waals surface area contributed by atoms with E-state index in [1.165, 1.54) is 10.8 Å². The molecule has 10 aromatic rings. The third kappa shape index (κ3) is 4.76.